The summed E-state index contributed by atoms with van der Waals surface area (Å²) >= 11 is 0. The van der Waals surface area contributed by atoms with E-state index >= 15 is 0 Å². The van der Waals surface area contributed by atoms with Crippen molar-refractivity contribution in [3.63, 3.8) is 0 Å². The second-order valence-electron chi connectivity index (χ2n) is 19.5. The van der Waals surface area contributed by atoms with E-state index in [1.165, 1.54) is 64.2 Å². The van der Waals surface area contributed by atoms with Crippen molar-refractivity contribution in [2.24, 2.45) is 0 Å². The van der Waals surface area contributed by atoms with Gasteiger partial charge in [-0.15, -0.1) is 0 Å². The maximum atomic E-state index is 12.9. The van der Waals surface area contributed by atoms with Crippen molar-refractivity contribution >= 4 is 17.9 Å². The molecule has 0 saturated carbocycles. The molecule has 1 unspecified atom stereocenters. The molecule has 0 spiro atoms. The maximum absolute atomic E-state index is 12.9. The topological polar surface area (TPSA) is 78.9 Å². The van der Waals surface area contributed by atoms with Gasteiger partial charge in [0.05, 0.1) is 0 Å². The van der Waals surface area contributed by atoms with E-state index < -0.39 is 6.10 Å². The molecule has 422 valence electrons. The molecule has 0 aliphatic heterocycles. The molecule has 6 nitrogen and oxygen atoms in total. The van der Waals surface area contributed by atoms with Crippen LogP contribution in [0.2, 0.25) is 0 Å². The third-order valence-electron chi connectivity index (χ3n) is 12.3. The molecule has 6 heteroatoms. The molecule has 0 aromatic heterocycles. The van der Waals surface area contributed by atoms with E-state index in [4.69, 9.17) is 14.2 Å². The fraction of sp³-hybridized carbons (Fsp3) is 0.609. The van der Waals surface area contributed by atoms with Crippen LogP contribution in [-0.2, 0) is 28.6 Å². The maximum Gasteiger partial charge on any atom is 0.306 e. The molecule has 0 fully saturated rings. The number of unbranched alkanes of at least 4 members (excludes halogenated alkanes) is 18. The first-order valence-electron chi connectivity index (χ1n) is 30.3. The van der Waals surface area contributed by atoms with Crippen LogP contribution in [0.3, 0.4) is 0 Å². The first kappa shape index (κ1) is 70.3. The van der Waals surface area contributed by atoms with E-state index in [1.807, 2.05) is 0 Å². The van der Waals surface area contributed by atoms with Crippen LogP contribution in [0, 0.1) is 0 Å². The third-order valence-corrected chi connectivity index (χ3v) is 12.3. The molecule has 1 atom stereocenters. The molecule has 0 aliphatic rings. The lowest BCUT2D eigenvalue weighted by atomic mass is 10.1. The number of hydrogen-bond donors (Lipinski definition) is 0. The Bertz CT molecular complexity index is 1660. The summed E-state index contributed by atoms with van der Waals surface area (Å²) in [6.45, 7) is 6.33. The lowest BCUT2D eigenvalue weighted by Gasteiger charge is -2.18. The summed E-state index contributed by atoms with van der Waals surface area (Å²) in [5.74, 6) is -1.00. The Labute approximate surface area is 461 Å². The molecule has 0 aromatic carbocycles. The predicted molar refractivity (Wildman–Crippen MR) is 325 cm³/mol. The number of carbonyl (C=O) groups is 3. The largest absolute Gasteiger partial charge is 0.462 e. The highest BCUT2D eigenvalue weighted by atomic mass is 16.6. The summed E-state index contributed by atoms with van der Waals surface area (Å²) < 4.78 is 16.8. The lowest BCUT2D eigenvalue weighted by molar-refractivity contribution is -0.167. The van der Waals surface area contributed by atoms with Gasteiger partial charge in [-0.25, -0.2) is 0 Å². The average Bonchev–Trinajstić information content (AvgIpc) is 3.41. The van der Waals surface area contributed by atoms with E-state index in [0.29, 0.717) is 19.3 Å². The number of hydrogen-bond acceptors (Lipinski definition) is 6. The highest BCUT2D eigenvalue weighted by Crippen LogP contribution is 2.13. The highest BCUT2D eigenvalue weighted by Gasteiger charge is 2.19. The molecule has 0 bridgehead atoms. The van der Waals surface area contributed by atoms with Crippen molar-refractivity contribution in [2.45, 2.75) is 258 Å². The predicted octanol–water partition coefficient (Wildman–Crippen LogP) is 20.8. The summed E-state index contributed by atoms with van der Waals surface area (Å²) in [5, 5.41) is 0. The van der Waals surface area contributed by atoms with Gasteiger partial charge in [-0.05, 0) is 135 Å². The molecule has 0 aliphatic carbocycles. The third kappa shape index (κ3) is 60.0. The fourth-order valence-electron chi connectivity index (χ4n) is 7.83. The molecule has 0 radical (unpaired) electrons. The van der Waals surface area contributed by atoms with Crippen LogP contribution in [0.25, 0.3) is 0 Å². The smallest absolute Gasteiger partial charge is 0.306 e. The summed E-state index contributed by atoms with van der Waals surface area (Å²) in [6, 6.07) is 0. The summed E-state index contributed by atoms with van der Waals surface area (Å²) in [5.41, 5.74) is 0. The Hall–Kier alpha value is -4.71. The Morgan fingerprint density at radius 3 is 0.867 bits per heavy atom. The number of ether oxygens (including phenoxy) is 3. The van der Waals surface area contributed by atoms with Crippen LogP contribution >= 0.6 is 0 Å². The van der Waals surface area contributed by atoms with E-state index in [2.05, 4.69) is 167 Å². The molecular weight excluding hydrogens is 925 g/mol. The molecule has 0 rings (SSSR count). The van der Waals surface area contributed by atoms with Gasteiger partial charge >= 0.3 is 17.9 Å². The number of rotatable bonds is 53. The van der Waals surface area contributed by atoms with Crippen LogP contribution in [0.1, 0.15) is 252 Å². The van der Waals surface area contributed by atoms with Crippen molar-refractivity contribution in [3.05, 3.63) is 146 Å². The zero-order valence-electron chi connectivity index (χ0n) is 48.3. The van der Waals surface area contributed by atoms with Crippen molar-refractivity contribution in [1.29, 1.82) is 0 Å². The van der Waals surface area contributed by atoms with E-state index in [0.717, 1.165) is 141 Å². The van der Waals surface area contributed by atoms with E-state index in [1.54, 1.807) is 0 Å². The van der Waals surface area contributed by atoms with Gasteiger partial charge in [0.25, 0.3) is 0 Å². The monoisotopic (exact) mass is 1030 g/mol. The number of esters is 3. The number of carbonyl (C=O) groups excluding carboxylic acids is 3. The quantitative estimate of drug-likeness (QED) is 0.0261. The van der Waals surface area contributed by atoms with Crippen LogP contribution < -0.4 is 0 Å². The van der Waals surface area contributed by atoms with Crippen LogP contribution in [0.5, 0.6) is 0 Å². The van der Waals surface area contributed by atoms with Crippen molar-refractivity contribution in [3.8, 4) is 0 Å². The Balaban J connectivity index is 4.54. The fourth-order valence-corrected chi connectivity index (χ4v) is 7.83. The summed E-state index contributed by atoms with van der Waals surface area (Å²) in [6.07, 6.45) is 88.4. The Kier molecular flexibility index (Phi) is 58.0. The van der Waals surface area contributed by atoms with Gasteiger partial charge in [-0.2, -0.15) is 0 Å². The van der Waals surface area contributed by atoms with Crippen LogP contribution in [-0.4, -0.2) is 37.2 Å². The summed E-state index contributed by atoms with van der Waals surface area (Å²) in [7, 11) is 0. The van der Waals surface area contributed by atoms with E-state index in [9.17, 15) is 14.4 Å². The van der Waals surface area contributed by atoms with Gasteiger partial charge in [0.1, 0.15) is 13.2 Å². The van der Waals surface area contributed by atoms with Gasteiger partial charge in [0, 0.05) is 19.3 Å². The zero-order chi connectivity index (χ0) is 54.3. The normalized spacial score (nSPS) is 13.2. The molecule has 0 amide bonds. The zero-order valence-corrected chi connectivity index (χ0v) is 48.3. The standard InChI is InChI=1S/C69H110O6/c1-4-7-10-13-16-19-22-25-28-31-33-34-36-38-41-44-47-50-53-56-59-62-68(71)74-65-66(64-73-67(70)61-58-55-52-49-46-43-40-37-30-27-24-21-18-15-12-9-6-3)75-69(72)63-60-57-54-51-48-45-42-39-35-32-29-26-23-20-17-14-11-8-5-2/h8-9,11-12,17-18,20-22,25-27,29-31,33,35-36,38-40,43,49,52,66H,4-7,10,13-16,19,23-24,28,32,34,37,41-42,44-48,50-51,53-65H2,1-3H3/b11-8-,12-9-,20-17-,21-18-,25-22-,29-26-,30-27-,33-31-,38-36-,39-35-,43-40-,52-49-. The van der Waals surface area contributed by atoms with Gasteiger partial charge in [0.2, 0.25) is 0 Å². The SMILES string of the molecule is CC/C=C\C/C=C\C/C=C\C/C=C\C/C=C\CCCC(=O)OCC(COC(=O)CCCCCCCC/C=C\C/C=C\C/C=C\CCCCCCC)OC(=O)CCCCCCCC/C=C\C/C=C\C/C=C\C/C=C\CC. The molecule has 75 heavy (non-hydrogen) atoms. The van der Waals surface area contributed by atoms with Gasteiger partial charge in [-0.1, -0.05) is 244 Å². The van der Waals surface area contributed by atoms with Gasteiger partial charge in [0.15, 0.2) is 6.10 Å². The molecular formula is C69H110O6. The Morgan fingerprint density at radius 1 is 0.280 bits per heavy atom. The minimum Gasteiger partial charge on any atom is -0.462 e. The van der Waals surface area contributed by atoms with Gasteiger partial charge in [-0.3, -0.25) is 14.4 Å². The van der Waals surface area contributed by atoms with E-state index in [-0.39, 0.29) is 37.5 Å². The lowest BCUT2D eigenvalue weighted by Crippen LogP contribution is -2.30. The highest BCUT2D eigenvalue weighted by molar-refractivity contribution is 5.71. The first-order chi connectivity index (χ1) is 37.0. The molecule has 0 heterocycles. The van der Waals surface area contributed by atoms with Crippen molar-refractivity contribution < 1.29 is 28.6 Å². The van der Waals surface area contributed by atoms with Gasteiger partial charge < -0.3 is 14.2 Å². The van der Waals surface area contributed by atoms with Crippen molar-refractivity contribution in [2.75, 3.05) is 13.2 Å². The van der Waals surface area contributed by atoms with Crippen molar-refractivity contribution in [1.82, 2.24) is 0 Å². The average molecular weight is 1040 g/mol. The minimum absolute atomic E-state index is 0.114. The second kappa shape index (κ2) is 61.8. The summed E-state index contributed by atoms with van der Waals surface area (Å²) in [4.78, 5) is 38.3. The van der Waals surface area contributed by atoms with Crippen LogP contribution in [0.4, 0.5) is 0 Å². The molecule has 0 N–H and O–H groups in total. The molecule has 0 aromatic rings. The number of allylic oxidation sites excluding steroid dienone is 24. The minimum atomic E-state index is -0.823. The second-order valence-corrected chi connectivity index (χ2v) is 19.5. The molecule has 0 saturated heterocycles. The Morgan fingerprint density at radius 2 is 0.533 bits per heavy atom. The van der Waals surface area contributed by atoms with Crippen LogP contribution in [0.15, 0.2) is 146 Å². The first-order valence-corrected chi connectivity index (χ1v) is 30.3.